The van der Waals surface area contributed by atoms with E-state index in [4.69, 9.17) is 11.6 Å². The second kappa shape index (κ2) is 6.49. The molecule has 6 heteroatoms. The van der Waals surface area contributed by atoms with Crippen LogP contribution in [0.25, 0.3) is 11.3 Å². The fraction of sp³-hybridized carbons (Fsp3) is 0.125. The Morgan fingerprint density at radius 1 is 1.27 bits per heavy atom. The second-order valence-corrected chi connectivity index (χ2v) is 5.16. The topological polar surface area (TPSA) is 59.0 Å². The van der Waals surface area contributed by atoms with E-state index in [9.17, 15) is 4.79 Å². The largest absolute Gasteiger partial charge is 0.373 e. The Morgan fingerprint density at radius 3 is 2.41 bits per heavy atom. The van der Waals surface area contributed by atoms with Crippen molar-refractivity contribution in [2.24, 2.45) is 7.05 Å². The number of benzene rings is 1. The third-order valence-corrected chi connectivity index (χ3v) is 3.40. The molecule has 2 rings (SSSR count). The first kappa shape index (κ1) is 15.9. The van der Waals surface area contributed by atoms with Crippen molar-refractivity contribution in [3.63, 3.8) is 0 Å². The van der Waals surface area contributed by atoms with Gasteiger partial charge in [-0.2, -0.15) is 5.10 Å². The number of carbonyl (C=O) groups excluding carboxylic acids is 1. The molecule has 0 aliphatic heterocycles. The number of amides is 1. The van der Waals surface area contributed by atoms with Gasteiger partial charge in [-0.25, -0.2) is 0 Å². The zero-order valence-corrected chi connectivity index (χ0v) is 13.2. The molecule has 1 heterocycles. The molecule has 114 valence electrons. The normalized spacial score (nSPS) is 10.1. The Kier molecular flexibility index (Phi) is 4.68. The number of carbonyl (C=O) groups is 1. The van der Waals surface area contributed by atoms with E-state index in [-0.39, 0.29) is 16.5 Å². The number of anilines is 2. The number of nitrogens with zero attached hydrogens (tertiary/aromatic N) is 2. The third kappa shape index (κ3) is 3.38. The van der Waals surface area contributed by atoms with Crippen molar-refractivity contribution in [1.82, 2.24) is 9.78 Å². The predicted molar refractivity (Wildman–Crippen MR) is 91.0 cm³/mol. The number of nitrogens with one attached hydrogen (secondary N) is 2. The van der Waals surface area contributed by atoms with Crippen molar-refractivity contribution in [2.75, 3.05) is 17.7 Å². The Hall–Kier alpha value is -2.53. The molecular weight excluding hydrogens is 300 g/mol. The molecular formula is C16H17ClN4O. The van der Waals surface area contributed by atoms with Gasteiger partial charge in [-0.05, 0) is 12.1 Å². The summed E-state index contributed by atoms with van der Waals surface area (Å²) in [5.41, 5.74) is 2.60. The average Bonchev–Trinajstić information content (AvgIpc) is 2.88. The number of aryl methyl sites for hydroxylation is 1. The number of hydrogen-bond acceptors (Lipinski definition) is 3. The maximum absolute atomic E-state index is 11.8. The predicted octanol–water partition coefficient (Wildman–Crippen LogP) is 3.38. The van der Waals surface area contributed by atoms with Crippen LogP contribution < -0.4 is 10.6 Å². The third-order valence-electron chi connectivity index (χ3n) is 3.18. The van der Waals surface area contributed by atoms with E-state index >= 15 is 0 Å². The first-order valence-corrected chi connectivity index (χ1v) is 6.97. The van der Waals surface area contributed by atoms with Crippen LogP contribution in [0.15, 0.2) is 54.1 Å². The lowest BCUT2D eigenvalue weighted by Crippen LogP contribution is -2.13. The highest BCUT2D eigenvalue weighted by Crippen LogP contribution is 2.23. The van der Waals surface area contributed by atoms with Crippen LogP contribution in [0.3, 0.4) is 0 Å². The van der Waals surface area contributed by atoms with Gasteiger partial charge in [-0.15, -0.1) is 0 Å². The number of aromatic nitrogens is 2. The number of halogens is 1. The highest BCUT2D eigenvalue weighted by atomic mass is 35.5. The summed E-state index contributed by atoms with van der Waals surface area (Å²) >= 11 is 5.65. The number of rotatable bonds is 5. The Bertz CT molecular complexity index is 731. The van der Waals surface area contributed by atoms with Gasteiger partial charge in [0.05, 0.1) is 11.3 Å². The summed E-state index contributed by atoms with van der Waals surface area (Å²) in [7, 11) is 3.71. The molecule has 2 aromatic rings. The van der Waals surface area contributed by atoms with Crippen molar-refractivity contribution < 1.29 is 4.79 Å². The smallest absolute Gasteiger partial charge is 0.256 e. The van der Waals surface area contributed by atoms with Gasteiger partial charge in [0.1, 0.15) is 5.82 Å². The fourth-order valence-electron chi connectivity index (χ4n) is 1.90. The molecule has 0 atom stereocenters. The molecule has 0 radical (unpaired) electrons. The standard InChI is InChI=1S/C16H17ClN4O/c1-10(11(2)17)16(22)19-13-7-5-12(6-8-13)14-9-15(18-3)21(4)20-14/h5-9,18H,1-2H2,3-4H3,(H,19,22). The Labute approximate surface area is 134 Å². The molecule has 22 heavy (non-hydrogen) atoms. The molecule has 0 unspecified atom stereocenters. The zero-order valence-electron chi connectivity index (χ0n) is 12.5. The Morgan fingerprint density at radius 2 is 1.91 bits per heavy atom. The van der Waals surface area contributed by atoms with E-state index in [1.165, 1.54) is 0 Å². The van der Waals surface area contributed by atoms with E-state index < -0.39 is 0 Å². The van der Waals surface area contributed by atoms with Gasteiger partial charge < -0.3 is 10.6 Å². The first-order valence-electron chi connectivity index (χ1n) is 6.59. The van der Waals surface area contributed by atoms with Crippen LogP contribution in [0.1, 0.15) is 0 Å². The van der Waals surface area contributed by atoms with E-state index in [1.807, 2.05) is 32.3 Å². The molecule has 5 nitrogen and oxygen atoms in total. The van der Waals surface area contributed by atoms with Crippen LogP contribution in [0, 0.1) is 0 Å². The van der Waals surface area contributed by atoms with Crippen molar-refractivity contribution in [3.05, 3.63) is 54.1 Å². The molecule has 0 saturated heterocycles. The Balaban J connectivity index is 2.15. The maximum atomic E-state index is 11.8. The van der Waals surface area contributed by atoms with Crippen molar-refractivity contribution in [3.8, 4) is 11.3 Å². The lowest BCUT2D eigenvalue weighted by atomic mass is 10.1. The zero-order chi connectivity index (χ0) is 16.3. The molecule has 0 fully saturated rings. The highest BCUT2D eigenvalue weighted by molar-refractivity contribution is 6.35. The summed E-state index contributed by atoms with van der Waals surface area (Å²) in [6.07, 6.45) is 0. The fourth-order valence-corrected chi connectivity index (χ4v) is 1.98. The van der Waals surface area contributed by atoms with Gasteiger partial charge in [-0.1, -0.05) is 36.9 Å². The van der Waals surface area contributed by atoms with E-state index in [2.05, 4.69) is 28.9 Å². The molecule has 0 aliphatic carbocycles. The maximum Gasteiger partial charge on any atom is 0.256 e. The van der Waals surface area contributed by atoms with Gasteiger partial charge >= 0.3 is 0 Å². The van der Waals surface area contributed by atoms with Gasteiger partial charge in [0.15, 0.2) is 0 Å². The summed E-state index contributed by atoms with van der Waals surface area (Å²) in [6, 6.07) is 9.31. The van der Waals surface area contributed by atoms with Gasteiger partial charge in [-0.3, -0.25) is 9.48 Å². The van der Waals surface area contributed by atoms with Crippen molar-refractivity contribution in [2.45, 2.75) is 0 Å². The lowest BCUT2D eigenvalue weighted by molar-refractivity contribution is -0.112. The molecule has 1 amide bonds. The summed E-state index contributed by atoms with van der Waals surface area (Å²) in [5, 5.41) is 10.3. The molecule has 1 aromatic heterocycles. The van der Waals surface area contributed by atoms with Gasteiger partial charge in [0.25, 0.3) is 5.91 Å². The van der Waals surface area contributed by atoms with Crippen molar-refractivity contribution >= 4 is 29.0 Å². The average molecular weight is 317 g/mol. The minimum absolute atomic E-state index is 0.127. The summed E-state index contributed by atoms with van der Waals surface area (Å²) in [5.74, 6) is 0.548. The van der Waals surface area contributed by atoms with E-state index in [1.54, 1.807) is 16.8 Å². The highest BCUT2D eigenvalue weighted by Gasteiger charge is 2.10. The summed E-state index contributed by atoms with van der Waals surface area (Å²) in [4.78, 5) is 11.8. The minimum atomic E-state index is -0.372. The van der Waals surface area contributed by atoms with Crippen LogP contribution >= 0.6 is 11.6 Å². The van der Waals surface area contributed by atoms with E-state index in [0.717, 1.165) is 17.1 Å². The van der Waals surface area contributed by atoms with Crippen LogP contribution in [0.5, 0.6) is 0 Å². The van der Waals surface area contributed by atoms with Crippen LogP contribution in [0.2, 0.25) is 0 Å². The summed E-state index contributed by atoms with van der Waals surface area (Å²) in [6.45, 7) is 7.05. The monoisotopic (exact) mass is 316 g/mol. The second-order valence-electron chi connectivity index (χ2n) is 4.70. The van der Waals surface area contributed by atoms with Gasteiger partial charge in [0.2, 0.25) is 0 Å². The number of hydrogen-bond donors (Lipinski definition) is 2. The van der Waals surface area contributed by atoms with Crippen molar-refractivity contribution in [1.29, 1.82) is 0 Å². The first-order chi connectivity index (χ1) is 10.4. The molecule has 2 N–H and O–H groups in total. The van der Waals surface area contributed by atoms with Gasteiger partial charge in [0, 0.05) is 36.4 Å². The minimum Gasteiger partial charge on any atom is -0.373 e. The van der Waals surface area contributed by atoms with E-state index in [0.29, 0.717) is 5.69 Å². The molecule has 0 aliphatic rings. The molecule has 1 aromatic carbocycles. The molecule has 0 bridgehead atoms. The quantitative estimate of drug-likeness (QED) is 0.656. The van der Waals surface area contributed by atoms with Crippen LogP contribution in [-0.4, -0.2) is 22.7 Å². The summed E-state index contributed by atoms with van der Waals surface area (Å²) < 4.78 is 1.76. The molecule has 0 saturated carbocycles. The van der Waals surface area contributed by atoms with Crippen LogP contribution in [0.4, 0.5) is 11.5 Å². The van der Waals surface area contributed by atoms with Crippen LogP contribution in [-0.2, 0) is 11.8 Å². The SMILES string of the molecule is C=C(Cl)C(=C)C(=O)Nc1ccc(-c2cc(NC)n(C)n2)cc1. The lowest BCUT2D eigenvalue weighted by Gasteiger charge is -2.07. The molecule has 0 spiro atoms.